The number of piperidine rings is 1. The second kappa shape index (κ2) is 9.57. The second-order valence-electron chi connectivity index (χ2n) is 7.38. The van der Waals surface area contributed by atoms with Crippen molar-refractivity contribution in [2.75, 3.05) is 18.4 Å². The molecule has 0 unspecified atom stereocenters. The molecule has 158 valence electrons. The molecule has 0 bridgehead atoms. The number of carbonyl (C=O) groups is 3. The third-order valence-corrected chi connectivity index (χ3v) is 6.17. The van der Waals surface area contributed by atoms with Crippen molar-refractivity contribution in [2.24, 2.45) is 0 Å². The highest BCUT2D eigenvalue weighted by Crippen LogP contribution is 2.22. The van der Waals surface area contributed by atoms with Gasteiger partial charge in [-0.15, -0.1) is 11.3 Å². The molecule has 2 heterocycles. The van der Waals surface area contributed by atoms with Crippen molar-refractivity contribution in [3.05, 3.63) is 88.1 Å². The molecule has 1 aromatic heterocycles. The molecular weight excluding hydrogens is 410 g/mol. The number of para-hydroxylation sites is 1. The lowest BCUT2D eigenvalue weighted by Crippen LogP contribution is -2.46. The number of amides is 3. The Morgan fingerprint density at radius 1 is 0.839 bits per heavy atom. The topological polar surface area (TPSA) is 78.5 Å². The summed E-state index contributed by atoms with van der Waals surface area (Å²) in [5.74, 6) is -0.431. The first-order valence-corrected chi connectivity index (χ1v) is 11.1. The van der Waals surface area contributed by atoms with E-state index in [2.05, 4.69) is 10.6 Å². The van der Waals surface area contributed by atoms with Crippen molar-refractivity contribution in [3.8, 4) is 0 Å². The average Bonchev–Trinajstić information content (AvgIpc) is 3.35. The van der Waals surface area contributed by atoms with Gasteiger partial charge in [0.2, 0.25) is 0 Å². The highest BCUT2D eigenvalue weighted by Gasteiger charge is 2.26. The zero-order chi connectivity index (χ0) is 21.6. The predicted molar refractivity (Wildman–Crippen MR) is 122 cm³/mol. The van der Waals surface area contributed by atoms with Crippen molar-refractivity contribution >= 4 is 34.7 Å². The zero-order valence-electron chi connectivity index (χ0n) is 16.9. The summed E-state index contributed by atoms with van der Waals surface area (Å²) in [5, 5.41) is 7.75. The van der Waals surface area contributed by atoms with E-state index in [-0.39, 0.29) is 23.8 Å². The van der Waals surface area contributed by atoms with Gasteiger partial charge in [-0.2, -0.15) is 0 Å². The summed E-state index contributed by atoms with van der Waals surface area (Å²) in [7, 11) is 0. The van der Waals surface area contributed by atoms with Gasteiger partial charge in [-0.05, 0) is 48.6 Å². The van der Waals surface area contributed by atoms with E-state index in [4.69, 9.17) is 0 Å². The van der Waals surface area contributed by atoms with E-state index in [0.717, 1.165) is 0 Å². The number of thiophene rings is 1. The summed E-state index contributed by atoms with van der Waals surface area (Å²) in [4.78, 5) is 40.3. The number of hydrogen-bond donors (Lipinski definition) is 2. The minimum atomic E-state index is -0.224. The molecule has 3 amide bonds. The third-order valence-electron chi connectivity index (χ3n) is 5.30. The summed E-state index contributed by atoms with van der Waals surface area (Å²) < 4.78 is 0. The van der Waals surface area contributed by atoms with Gasteiger partial charge < -0.3 is 15.5 Å². The van der Waals surface area contributed by atoms with E-state index >= 15 is 0 Å². The van der Waals surface area contributed by atoms with Crippen molar-refractivity contribution in [1.29, 1.82) is 0 Å². The molecule has 4 rings (SSSR count). The Labute approximate surface area is 184 Å². The molecule has 1 aliphatic heterocycles. The van der Waals surface area contributed by atoms with Crippen molar-refractivity contribution < 1.29 is 14.4 Å². The molecule has 0 radical (unpaired) electrons. The van der Waals surface area contributed by atoms with Crippen LogP contribution in [0, 0.1) is 0 Å². The molecule has 7 heteroatoms. The van der Waals surface area contributed by atoms with Crippen LogP contribution in [0.15, 0.2) is 72.1 Å². The van der Waals surface area contributed by atoms with Gasteiger partial charge in [-0.3, -0.25) is 14.4 Å². The summed E-state index contributed by atoms with van der Waals surface area (Å²) in [5.41, 5.74) is 1.61. The average molecular weight is 434 g/mol. The lowest BCUT2D eigenvalue weighted by atomic mass is 10.0. The van der Waals surface area contributed by atoms with Crippen LogP contribution in [-0.2, 0) is 0 Å². The molecule has 0 saturated carbocycles. The van der Waals surface area contributed by atoms with Crippen LogP contribution in [0.5, 0.6) is 0 Å². The highest BCUT2D eigenvalue weighted by molar-refractivity contribution is 7.12. The van der Waals surface area contributed by atoms with Crippen LogP contribution >= 0.6 is 11.3 Å². The number of likely N-dealkylation sites (tertiary alicyclic amines) is 1. The molecule has 0 atom stereocenters. The fourth-order valence-electron chi connectivity index (χ4n) is 3.63. The normalized spacial score (nSPS) is 14.1. The van der Waals surface area contributed by atoms with Crippen molar-refractivity contribution in [3.63, 3.8) is 0 Å². The van der Waals surface area contributed by atoms with Crippen molar-refractivity contribution in [2.45, 2.75) is 18.9 Å². The van der Waals surface area contributed by atoms with E-state index in [1.54, 1.807) is 47.4 Å². The maximum Gasteiger partial charge on any atom is 0.265 e. The van der Waals surface area contributed by atoms with Crippen LogP contribution in [0.2, 0.25) is 0 Å². The standard InChI is InChI=1S/C24H23N3O3S/c28-22(17-7-2-1-3-8-17)25-18-12-14-27(15-13-18)24(30)19-9-4-5-10-20(19)26-23(29)21-11-6-16-31-21/h1-11,16,18H,12-15H2,(H,25,28)(H,26,29). The molecule has 0 spiro atoms. The number of carbonyl (C=O) groups excluding carboxylic acids is 3. The predicted octanol–water partition coefficient (Wildman–Crippen LogP) is 4.04. The molecule has 0 aliphatic carbocycles. The summed E-state index contributed by atoms with van der Waals surface area (Å²) in [6.07, 6.45) is 1.38. The fraction of sp³-hybridized carbons (Fsp3) is 0.208. The van der Waals surface area contributed by atoms with Crippen LogP contribution in [0.3, 0.4) is 0 Å². The minimum Gasteiger partial charge on any atom is -0.349 e. The lowest BCUT2D eigenvalue weighted by molar-refractivity contribution is 0.0699. The van der Waals surface area contributed by atoms with Crippen LogP contribution in [0.1, 0.15) is 43.2 Å². The van der Waals surface area contributed by atoms with Gasteiger partial charge in [0, 0.05) is 24.7 Å². The van der Waals surface area contributed by atoms with E-state index in [1.165, 1.54) is 11.3 Å². The fourth-order valence-corrected chi connectivity index (χ4v) is 4.24. The maximum absolute atomic E-state index is 13.1. The molecular formula is C24H23N3O3S. The van der Waals surface area contributed by atoms with Gasteiger partial charge in [-0.25, -0.2) is 0 Å². The quantitative estimate of drug-likeness (QED) is 0.638. The van der Waals surface area contributed by atoms with E-state index in [0.29, 0.717) is 47.6 Å². The Hall–Kier alpha value is -3.45. The first kappa shape index (κ1) is 20.8. The summed E-state index contributed by atoms with van der Waals surface area (Å²) in [6.45, 7) is 1.09. The van der Waals surface area contributed by atoms with E-state index in [9.17, 15) is 14.4 Å². The van der Waals surface area contributed by atoms with Gasteiger partial charge in [0.1, 0.15) is 0 Å². The Kier molecular flexibility index (Phi) is 6.43. The smallest absolute Gasteiger partial charge is 0.265 e. The number of nitrogens with zero attached hydrogens (tertiary/aromatic N) is 1. The number of benzene rings is 2. The minimum absolute atomic E-state index is 0.0329. The van der Waals surface area contributed by atoms with Gasteiger partial charge in [0.25, 0.3) is 17.7 Å². The number of rotatable bonds is 5. The van der Waals surface area contributed by atoms with Crippen LogP contribution in [0.25, 0.3) is 0 Å². The SMILES string of the molecule is O=C(NC1CCN(C(=O)c2ccccc2NC(=O)c2cccs2)CC1)c1ccccc1. The highest BCUT2D eigenvalue weighted by atomic mass is 32.1. The molecule has 31 heavy (non-hydrogen) atoms. The van der Waals surface area contributed by atoms with E-state index < -0.39 is 0 Å². The molecule has 6 nitrogen and oxygen atoms in total. The first-order chi connectivity index (χ1) is 15.1. The van der Waals surface area contributed by atoms with Crippen LogP contribution in [0.4, 0.5) is 5.69 Å². The second-order valence-corrected chi connectivity index (χ2v) is 8.33. The molecule has 2 N–H and O–H groups in total. The molecule has 1 saturated heterocycles. The zero-order valence-corrected chi connectivity index (χ0v) is 17.7. The van der Waals surface area contributed by atoms with Gasteiger partial charge in [-0.1, -0.05) is 36.4 Å². The maximum atomic E-state index is 13.1. The summed E-state index contributed by atoms with van der Waals surface area (Å²) >= 11 is 1.35. The Morgan fingerprint density at radius 2 is 1.55 bits per heavy atom. The lowest BCUT2D eigenvalue weighted by Gasteiger charge is -2.32. The number of hydrogen-bond acceptors (Lipinski definition) is 4. The molecule has 1 fully saturated rings. The Balaban J connectivity index is 1.37. The first-order valence-electron chi connectivity index (χ1n) is 10.2. The van der Waals surface area contributed by atoms with E-state index in [1.807, 2.05) is 29.6 Å². The summed E-state index contributed by atoms with van der Waals surface area (Å²) in [6, 6.07) is 19.8. The molecule has 1 aliphatic rings. The van der Waals surface area contributed by atoms with Gasteiger partial charge in [0.15, 0.2) is 0 Å². The van der Waals surface area contributed by atoms with Crippen LogP contribution in [-0.4, -0.2) is 41.8 Å². The molecule has 2 aromatic carbocycles. The molecule has 3 aromatic rings. The largest absolute Gasteiger partial charge is 0.349 e. The third kappa shape index (κ3) is 5.00. The van der Waals surface area contributed by atoms with Gasteiger partial charge >= 0.3 is 0 Å². The van der Waals surface area contributed by atoms with Crippen LogP contribution < -0.4 is 10.6 Å². The number of anilines is 1. The monoisotopic (exact) mass is 433 g/mol. The van der Waals surface area contributed by atoms with Gasteiger partial charge in [0.05, 0.1) is 16.1 Å². The Morgan fingerprint density at radius 3 is 2.26 bits per heavy atom. The number of nitrogens with one attached hydrogen (secondary N) is 2. The van der Waals surface area contributed by atoms with Crippen molar-refractivity contribution in [1.82, 2.24) is 10.2 Å². The Bertz CT molecular complexity index is 1060.